The van der Waals surface area contributed by atoms with Crippen LogP contribution in [0.4, 0.5) is 5.69 Å². The predicted octanol–water partition coefficient (Wildman–Crippen LogP) is 1.92. The quantitative estimate of drug-likeness (QED) is 0.790. The maximum atomic E-state index is 11.6. The summed E-state index contributed by atoms with van der Waals surface area (Å²) in [5.41, 5.74) is 7.65. The van der Waals surface area contributed by atoms with Gasteiger partial charge in [-0.2, -0.15) is 0 Å². The Bertz CT molecular complexity index is 336. The van der Waals surface area contributed by atoms with Crippen LogP contribution in [-0.2, 0) is 11.2 Å². The minimum Gasteiger partial charge on any atom is -0.324 e. The van der Waals surface area contributed by atoms with E-state index < -0.39 is 6.04 Å². The number of amides is 1. The third-order valence-electron chi connectivity index (χ3n) is 2.43. The zero-order chi connectivity index (χ0) is 11.3. The van der Waals surface area contributed by atoms with Gasteiger partial charge in [0.2, 0.25) is 5.91 Å². The summed E-state index contributed by atoms with van der Waals surface area (Å²) >= 11 is 0. The van der Waals surface area contributed by atoms with Crippen LogP contribution >= 0.6 is 0 Å². The van der Waals surface area contributed by atoms with Crippen molar-refractivity contribution in [2.24, 2.45) is 5.73 Å². The van der Waals surface area contributed by atoms with Crippen LogP contribution in [0, 0.1) is 0 Å². The molecule has 1 rings (SSSR count). The number of aryl methyl sites for hydroxylation is 1. The fraction of sp³-hybridized carbons (Fsp3) is 0.417. The van der Waals surface area contributed by atoms with Crippen LogP contribution in [0.2, 0.25) is 0 Å². The first-order valence-corrected chi connectivity index (χ1v) is 5.33. The molecule has 0 radical (unpaired) electrons. The Hall–Kier alpha value is -1.35. The van der Waals surface area contributed by atoms with E-state index in [1.165, 1.54) is 0 Å². The lowest BCUT2D eigenvalue weighted by molar-refractivity contribution is -0.117. The van der Waals surface area contributed by atoms with Crippen molar-refractivity contribution in [2.45, 2.75) is 32.7 Å². The lowest BCUT2D eigenvalue weighted by Crippen LogP contribution is -2.35. The lowest BCUT2D eigenvalue weighted by atomic mass is 10.1. The van der Waals surface area contributed by atoms with Gasteiger partial charge < -0.3 is 11.1 Å². The summed E-state index contributed by atoms with van der Waals surface area (Å²) in [7, 11) is 0. The average molecular weight is 206 g/mol. The molecule has 0 spiro atoms. The van der Waals surface area contributed by atoms with Crippen molar-refractivity contribution in [1.82, 2.24) is 0 Å². The van der Waals surface area contributed by atoms with Gasteiger partial charge in [0, 0.05) is 5.69 Å². The number of benzene rings is 1. The summed E-state index contributed by atoms with van der Waals surface area (Å²) in [6, 6.07) is 7.36. The maximum absolute atomic E-state index is 11.6. The number of anilines is 1. The number of rotatable bonds is 4. The van der Waals surface area contributed by atoms with Gasteiger partial charge >= 0.3 is 0 Å². The molecule has 0 aliphatic rings. The van der Waals surface area contributed by atoms with Gasteiger partial charge in [-0.1, -0.05) is 32.0 Å². The predicted molar refractivity (Wildman–Crippen MR) is 62.7 cm³/mol. The Morgan fingerprint density at radius 3 is 2.67 bits per heavy atom. The standard InChI is InChI=1S/C12H18N2O/c1-3-9-7-5-6-8-11(9)14-12(15)10(13)4-2/h5-8,10H,3-4,13H2,1-2H3,(H,14,15)/t10-/m1/s1. The topological polar surface area (TPSA) is 55.1 Å². The minimum absolute atomic E-state index is 0.113. The van der Waals surface area contributed by atoms with Crippen molar-refractivity contribution in [3.63, 3.8) is 0 Å². The van der Waals surface area contributed by atoms with E-state index in [0.29, 0.717) is 6.42 Å². The van der Waals surface area contributed by atoms with Crippen molar-refractivity contribution in [3.8, 4) is 0 Å². The molecule has 0 heterocycles. The molecular weight excluding hydrogens is 188 g/mol. The van der Waals surface area contributed by atoms with Crippen LogP contribution in [-0.4, -0.2) is 11.9 Å². The Morgan fingerprint density at radius 1 is 1.40 bits per heavy atom. The molecule has 3 heteroatoms. The Morgan fingerprint density at radius 2 is 2.07 bits per heavy atom. The van der Waals surface area contributed by atoms with E-state index >= 15 is 0 Å². The number of nitrogens with two attached hydrogens (primary N) is 1. The van der Waals surface area contributed by atoms with Crippen molar-refractivity contribution >= 4 is 11.6 Å². The molecule has 0 bridgehead atoms. The molecular formula is C12H18N2O. The average Bonchev–Trinajstić information content (AvgIpc) is 2.28. The van der Waals surface area contributed by atoms with Crippen LogP contribution in [0.5, 0.6) is 0 Å². The van der Waals surface area contributed by atoms with Crippen molar-refractivity contribution in [3.05, 3.63) is 29.8 Å². The maximum Gasteiger partial charge on any atom is 0.241 e. The fourth-order valence-corrected chi connectivity index (χ4v) is 1.36. The first kappa shape index (κ1) is 11.7. The number of carbonyl (C=O) groups is 1. The summed E-state index contributed by atoms with van der Waals surface area (Å²) in [5, 5.41) is 2.85. The molecule has 0 aromatic heterocycles. The second-order valence-corrected chi connectivity index (χ2v) is 3.51. The van der Waals surface area contributed by atoms with E-state index in [-0.39, 0.29) is 5.91 Å². The molecule has 1 amide bonds. The fourth-order valence-electron chi connectivity index (χ4n) is 1.36. The third kappa shape index (κ3) is 3.06. The van der Waals surface area contributed by atoms with Crippen LogP contribution in [0.3, 0.4) is 0 Å². The van der Waals surface area contributed by atoms with E-state index in [1.54, 1.807) is 0 Å². The summed E-state index contributed by atoms with van der Waals surface area (Å²) in [5.74, 6) is -0.113. The molecule has 0 saturated carbocycles. The van der Waals surface area contributed by atoms with Gasteiger partial charge in [0.05, 0.1) is 6.04 Å². The third-order valence-corrected chi connectivity index (χ3v) is 2.43. The molecule has 0 fully saturated rings. The summed E-state index contributed by atoms with van der Waals surface area (Å²) in [6.07, 6.45) is 1.55. The molecule has 82 valence electrons. The number of hydrogen-bond donors (Lipinski definition) is 2. The number of nitrogens with one attached hydrogen (secondary N) is 1. The Kier molecular flexibility index (Phi) is 4.31. The Balaban J connectivity index is 2.76. The summed E-state index contributed by atoms with van der Waals surface area (Å²) in [4.78, 5) is 11.6. The van der Waals surface area contributed by atoms with Gasteiger partial charge in [-0.25, -0.2) is 0 Å². The van der Waals surface area contributed by atoms with Crippen LogP contribution in [0.15, 0.2) is 24.3 Å². The highest BCUT2D eigenvalue weighted by Crippen LogP contribution is 2.15. The summed E-state index contributed by atoms with van der Waals surface area (Å²) < 4.78 is 0. The minimum atomic E-state index is -0.421. The lowest BCUT2D eigenvalue weighted by Gasteiger charge is -2.12. The van der Waals surface area contributed by atoms with E-state index in [1.807, 2.05) is 31.2 Å². The smallest absolute Gasteiger partial charge is 0.241 e. The van der Waals surface area contributed by atoms with E-state index in [9.17, 15) is 4.79 Å². The highest BCUT2D eigenvalue weighted by molar-refractivity contribution is 5.95. The molecule has 1 aromatic carbocycles. The van der Waals surface area contributed by atoms with Gasteiger partial charge in [-0.05, 0) is 24.5 Å². The highest BCUT2D eigenvalue weighted by Gasteiger charge is 2.11. The first-order chi connectivity index (χ1) is 7.19. The van der Waals surface area contributed by atoms with Gasteiger partial charge in [0.1, 0.15) is 0 Å². The molecule has 0 unspecified atom stereocenters. The van der Waals surface area contributed by atoms with Crippen molar-refractivity contribution < 1.29 is 4.79 Å². The SMILES string of the molecule is CCc1ccccc1NC(=O)[C@H](N)CC. The Labute approximate surface area is 90.7 Å². The van der Waals surface area contributed by atoms with E-state index in [0.717, 1.165) is 17.7 Å². The molecule has 0 saturated heterocycles. The summed E-state index contributed by atoms with van der Waals surface area (Å²) in [6.45, 7) is 3.96. The zero-order valence-corrected chi connectivity index (χ0v) is 9.29. The molecule has 1 atom stereocenters. The highest BCUT2D eigenvalue weighted by atomic mass is 16.2. The van der Waals surface area contributed by atoms with Crippen LogP contribution in [0.1, 0.15) is 25.8 Å². The monoisotopic (exact) mass is 206 g/mol. The van der Waals surface area contributed by atoms with Crippen molar-refractivity contribution in [1.29, 1.82) is 0 Å². The van der Waals surface area contributed by atoms with Gasteiger partial charge in [-0.15, -0.1) is 0 Å². The van der Waals surface area contributed by atoms with Gasteiger partial charge in [0.15, 0.2) is 0 Å². The van der Waals surface area contributed by atoms with Gasteiger partial charge in [0.25, 0.3) is 0 Å². The molecule has 0 aliphatic carbocycles. The van der Waals surface area contributed by atoms with Crippen molar-refractivity contribution in [2.75, 3.05) is 5.32 Å². The molecule has 1 aromatic rings. The second-order valence-electron chi connectivity index (χ2n) is 3.51. The first-order valence-electron chi connectivity index (χ1n) is 5.33. The van der Waals surface area contributed by atoms with Crippen LogP contribution < -0.4 is 11.1 Å². The largest absolute Gasteiger partial charge is 0.324 e. The molecule has 3 N–H and O–H groups in total. The second kappa shape index (κ2) is 5.51. The molecule has 15 heavy (non-hydrogen) atoms. The van der Waals surface area contributed by atoms with Crippen LogP contribution in [0.25, 0.3) is 0 Å². The zero-order valence-electron chi connectivity index (χ0n) is 9.29. The van der Waals surface area contributed by atoms with E-state index in [4.69, 9.17) is 5.73 Å². The molecule has 3 nitrogen and oxygen atoms in total. The number of carbonyl (C=O) groups excluding carboxylic acids is 1. The number of hydrogen-bond acceptors (Lipinski definition) is 2. The number of para-hydroxylation sites is 1. The van der Waals surface area contributed by atoms with E-state index in [2.05, 4.69) is 12.2 Å². The molecule has 0 aliphatic heterocycles. The normalized spacial score (nSPS) is 12.2. The van der Waals surface area contributed by atoms with Gasteiger partial charge in [-0.3, -0.25) is 4.79 Å².